The molecule has 0 amide bonds. The standard InChI is InChI=1S/C26H25BrN2O2S/c1-16-5-3-6-17(2)25(16)29-32(30,31)20-13-14-24-23(15-20)21-7-4-8-22(21)26(28-24)18-9-11-19(27)12-10-18/h3-7,9-15,21-22,26,28-29H,8H2,1-2H3/t21-,22+,26+/m0/s1. The van der Waals surface area contributed by atoms with Crippen molar-refractivity contribution in [3.05, 3.63) is 99.5 Å². The first-order chi connectivity index (χ1) is 15.3. The van der Waals surface area contributed by atoms with Gasteiger partial charge >= 0.3 is 0 Å². The highest BCUT2D eigenvalue weighted by molar-refractivity contribution is 9.10. The number of allylic oxidation sites excluding steroid dienone is 2. The molecular weight excluding hydrogens is 484 g/mol. The lowest BCUT2D eigenvalue weighted by Crippen LogP contribution is -2.29. The van der Waals surface area contributed by atoms with E-state index in [0.29, 0.717) is 16.5 Å². The zero-order chi connectivity index (χ0) is 22.5. The number of anilines is 2. The van der Waals surface area contributed by atoms with Gasteiger partial charge in [0, 0.05) is 16.1 Å². The van der Waals surface area contributed by atoms with Crippen LogP contribution in [0, 0.1) is 19.8 Å². The predicted octanol–water partition coefficient (Wildman–Crippen LogP) is 6.69. The van der Waals surface area contributed by atoms with Gasteiger partial charge in [-0.1, -0.05) is 58.4 Å². The average Bonchev–Trinajstić information content (AvgIpc) is 3.26. The van der Waals surface area contributed by atoms with Crippen molar-refractivity contribution < 1.29 is 8.42 Å². The molecular formula is C26H25BrN2O2S. The fourth-order valence-corrected chi connectivity index (χ4v) is 6.41. The molecule has 1 aliphatic carbocycles. The van der Waals surface area contributed by atoms with E-state index in [1.54, 1.807) is 6.07 Å². The van der Waals surface area contributed by atoms with Crippen molar-refractivity contribution in [2.75, 3.05) is 10.0 Å². The van der Waals surface area contributed by atoms with Gasteiger partial charge in [-0.15, -0.1) is 0 Å². The van der Waals surface area contributed by atoms with Crippen LogP contribution in [0.1, 0.15) is 40.6 Å². The summed E-state index contributed by atoms with van der Waals surface area (Å²) in [5, 5.41) is 3.68. The smallest absolute Gasteiger partial charge is 0.261 e. The summed E-state index contributed by atoms with van der Waals surface area (Å²) in [5.41, 5.74) is 5.75. The second kappa shape index (κ2) is 8.09. The van der Waals surface area contributed by atoms with E-state index >= 15 is 0 Å². The van der Waals surface area contributed by atoms with Gasteiger partial charge in [0.1, 0.15) is 0 Å². The normalized spacial score (nSPS) is 21.5. The summed E-state index contributed by atoms with van der Waals surface area (Å²) >= 11 is 3.52. The number of fused-ring (bicyclic) bond motifs is 3. The lowest BCUT2D eigenvalue weighted by molar-refractivity contribution is 0.425. The largest absolute Gasteiger partial charge is 0.378 e. The summed E-state index contributed by atoms with van der Waals surface area (Å²) in [6.45, 7) is 3.83. The summed E-state index contributed by atoms with van der Waals surface area (Å²) in [6, 6.07) is 19.8. The number of hydrogen-bond donors (Lipinski definition) is 2. The second-order valence-electron chi connectivity index (χ2n) is 8.65. The van der Waals surface area contributed by atoms with Gasteiger partial charge in [0.2, 0.25) is 0 Å². The first-order valence-corrected chi connectivity index (χ1v) is 13.0. The van der Waals surface area contributed by atoms with Crippen LogP contribution in [0.15, 0.2) is 82.2 Å². The van der Waals surface area contributed by atoms with E-state index in [2.05, 4.69) is 62.4 Å². The van der Waals surface area contributed by atoms with Gasteiger partial charge in [0.15, 0.2) is 0 Å². The molecule has 0 saturated heterocycles. The lowest BCUT2D eigenvalue weighted by atomic mass is 9.77. The molecule has 2 N–H and O–H groups in total. The molecule has 0 saturated carbocycles. The third kappa shape index (κ3) is 3.76. The molecule has 3 aromatic rings. The Morgan fingerprint density at radius 2 is 1.72 bits per heavy atom. The van der Waals surface area contributed by atoms with E-state index in [-0.39, 0.29) is 12.0 Å². The zero-order valence-corrected chi connectivity index (χ0v) is 20.4. The zero-order valence-electron chi connectivity index (χ0n) is 18.0. The Kier molecular flexibility index (Phi) is 5.38. The molecule has 0 unspecified atom stereocenters. The first kappa shape index (κ1) is 21.3. The van der Waals surface area contributed by atoms with Crippen LogP contribution in [0.5, 0.6) is 0 Å². The molecule has 0 aromatic heterocycles. The van der Waals surface area contributed by atoms with Crippen molar-refractivity contribution >= 4 is 37.3 Å². The molecule has 0 fully saturated rings. The molecule has 3 atom stereocenters. The highest BCUT2D eigenvalue weighted by atomic mass is 79.9. The minimum atomic E-state index is -3.70. The Hall–Kier alpha value is -2.57. The number of halogens is 1. The van der Waals surface area contributed by atoms with Crippen molar-refractivity contribution in [1.82, 2.24) is 0 Å². The Balaban J connectivity index is 1.50. The number of para-hydroxylation sites is 1. The third-order valence-electron chi connectivity index (χ3n) is 6.59. The summed E-state index contributed by atoms with van der Waals surface area (Å²) in [4.78, 5) is 0.293. The highest BCUT2D eigenvalue weighted by Gasteiger charge is 2.38. The molecule has 164 valence electrons. The topological polar surface area (TPSA) is 58.2 Å². The van der Waals surface area contributed by atoms with Crippen molar-refractivity contribution in [2.24, 2.45) is 5.92 Å². The van der Waals surface area contributed by atoms with Gasteiger partial charge in [0.25, 0.3) is 10.0 Å². The fourth-order valence-electron chi connectivity index (χ4n) is 4.91. The van der Waals surface area contributed by atoms with Gasteiger partial charge in [-0.25, -0.2) is 8.42 Å². The molecule has 6 heteroatoms. The quantitative estimate of drug-likeness (QED) is 0.385. The molecule has 3 aromatic carbocycles. The number of sulfonamides is 1. The van der Waals surface area contributed by atoms with Gasteiger partial charge in [-0.2, -0.15) is 0 Å². The molecule has 5 rings (SSSR count). The highest BCUT2D eigenvalue weighted by Crippen LogP contribution is 2.50. The Bertz CT molecular complexity index is 1300. The van der Waals surface area contributed by atoms with Gasteiger partial charge in [-0.3, -0.25) is 4.72 Å². The monoisotopic (exact) mass is 508 g/mol. The number of aryl methyl sites for hydroxylation is 2. The van der Waals surface area contributed by atoms with Crippen LogP contribution in [-0.2, 0) is 10.0 Å². The van der Waals surface area contributed by atoms with Crippen molar-refractivity contribution in [3.8, 4) is 0 Å². The van der Waals surface area contributed by atoms with Crippen LogP contribution >= 0.6 is 15.9 Å². The summed E-state index contributed by atoms with van der Waals surface area (Å²) in [5.74, 6) is 0.545. The van der Waals surface area contributed by atoms with Crippen LogP contribution in [0.25, 0.3) is 0 Å². The Labute approximate surface area is 197 Å². The van der Waals surface area contributed by atoms with E-state index in [0.717, 1.165) is 33.3 Å². The maximum absolute atomic E-state index is 13.2. The summed E-state index contributed by atoms with van der Waals surface area (Å²) in [7, 11) is -3.70. The Morgan fingerprint density at radius 3 is 2.44 bits per heavy atom. The van der Waals surface area contributed by atoms with E-state index in [1.165, 1.54) is 5.56 Å². The third-order valence-corrected chi connectivity index (χ3v) is 8.47. The summed E-state index contributed by atoms with van der Waals surface area (Å²) < 4.78 is 30.4. The molecule has 1 heterocycles. The maximum Gasteiger partial charge on any atom is 0.261 e. The van der Waals surface area contributed by atoms with Crippen LogP contribution in [-0.4, -0.2) is 8.42 Å². The number of nitrogens with one attached hydrogen (secondary N) is 2. The molecule has 1 aliphatic heterocycles. The first-order valence-electron chi connectivity index (χ1n) is 10.7. The van der Waals surface area contributed by atoms with Gasteiger partial charge < -0.3 is 5.32 Å². The predicted molar refractivity (Wildman–Crippen MR) is 134 cm³/mol. The van der Waals surface area contributed by atoms with Crippen LogP contribution in [0.4, 0.5) is 11.4 Å². The Morgan fingerprint density at radius 1 is 1.00 bits per heavy atom. The maximum atomic E-state index is 13.2. The number of hydrogen-bond acceptors (Lipinski definition) is 3. The van der Waals surface area contributed by atoms with Crippen molar-refractivity contribution in [2.45, 2.75) is 37.1 Å². The van der Waals surface area contributed by atoms with Crippen molar-refractivity contribution in [1.29, 1.82) is 0 Å². The van der Waals surface area contributed by atoms with E-state index in [9.17, 15) is 8.42 Å². The lowest BCUT2D eigenvalue weighted by Gasteiger charge is -2.37. The summed E-state index contributed by atoms with van der Waals surface area (Å²) in [6.07, 6.45) is 5.41. The van der Waals surface area contributed by atoms with E-state index < -0.39 is 10.0 Å². The molecule has 2 aliphatic rings. The SMILES string of the molecule is Cc1cccc(C)c1NS(=O)(=O)c1ccc2c(c1)[C@H]1C=CC[C@H]1[C@@H](c1ccc(Br)cc1)N2. The fraction of sp³-hybridized carbons (Fsp3) is 0.231. The molecule has 4 nitrogen and oxygen atoms in total. The second-order valence-corrected chi connectivity index (χ2v) is 11.2. The molecule has 0 radical (unpaired) electrons. The van der Waals surface area contributed by atoms with Gasteiger partial charge in [-0.05, 0) is 78.8 Å². The number of rotatable bonds is 4. The molecule has 0 bridgehead atoms. The van der Waals surface area contributed by atoms with Crippen LogP contribution in [0.3, 0.4) is 0 Å². The molecule has 0 spiro atoms. The minimum absolute atomic E-state index is 0.186. The van der Waals surface area contributed by atoms with Gasteiger partial charge in [0.05, 0.1) is 16.6 Å². The van der Waals surface area contributed by atoms with Crippen LogP contribution in [0.2, 0.25) is 0 Å². The number of benzene rings is 3. The average molecular weight is 509 g/mol. The van der Waals surface area contributed by atoms with Crippen molar-refractivity contribution in [3.63, 3.8) is 0 Å². The van der Waals surface area contributed by atoms with E-state index in [4.69, 9.17) is 0 Å². The minimum Gasteiger partial charge on any atom is -0.378 e. The van der Waals surface area contributed by atoms with E-state index in [1.807, 2.05) is 44.2 Å². The molecule has 32 heavy (non-hydrogen) atoms. The van der Waals surface area contributed by atoms with Crippen LogP contribution < -0.4 is 10.0 Å².